The Morgan fingerprint density at radius 3 is 2.50 bits per heavy atom. The third kappa shape index (κ3) is 4.56. The number of hydrogen-bond donors (Lipinski definition) is 1. The van der Waals surface area contributed by atoms with Gasteiger partial charge < -0.3 is 14.8 Å². The Hall–Kier alpha value is -3.87. The number of carbonyl (C=O) groups excluding carboxylic acids is 2. The van der Waals surface area contributed by atoms with Crippen LogP contribution in [0.15, 0.2) is 66.9 Å². The molecule has 0 fully saturated rings. The van der Waals surface area contributed by atoms with Crippen molar-refractivity contribution in [3.8, 4) is 22.8 Å². The average molecular weight is 431 g/mol. The standard InChI is InChI=1S/C25H25N3O4/c1-17(29)25(2,3)32-23-12-10-19(16-26-23)18-9-11-21-22(15-18)31-14-13-28(21)24(30)27-20-7-5-4-6-8-20/h4-12,15-16H,13-14H2,1-3H3,(H,27,30). The Labute approximate surface area is 187 Å². The van der Waals surface area contributed by atoms with Crippen molar-refractivity contribution in [2.24, 2.45) is 0 Å². The van der Waals surface area contributed by atoms with Gasteiger partial charge in [-0.05, 0) is 56.7 Å². The number of nitrogens with zero attached hydrogens (tertiary/aromatic N) is 2. The summed E-state index contributed by atoms with van der Waals surface area (Å²) in [6.07, 6.45) is 1.69. The quantitative estimate of drug-likeness (QED) is 0.620. The molecule has 1 aliphatic rings. The van der Waals surface area contributed by atoms with Crippen LogP contribution >= 0.6 is 0 Å². The fourth-order valence-electron chi connectivity index (χ4n) is 3.27. The van der Waals surface area contributed by atoms with Gasteiger partial charge in [0.2, 0.25) is 5.88 Å². The second kappa shape index (κ2) is 8.70. The lowest BCUT2D eigenvalue weighted by molar-refractivity contribution is -0.129. The first-order valence-corrected chi connectivity index (χ1v) is 10.4. The minimum atomic E-state index is -0.933. The molecule has 2 amide bonds. The first-order valence-electron chi connectivity index (χ1n) is 10.4. The number of amides is 2. The molecule has 2 heterocycles. The van der Waals surface area contributed by atoms with Crippen LogP contribution in [0, 0.1) is 0 Å². The van der Waals surface area contributed by atoms with Crippen molar-refractivity contribution in [1.82, 2.24) is 4.98 Å². The van der Waals surface area contributed by atoms with E-state index in [9.17, 15) is 9.59 Å². The summed E-state index contributed by atoms with van der Waals surface area (Å²) < 4.78 is 11.5. The Morgan fingerprint density at radius 2 is 1.81 bits per heavy atom. The summed E-state index contributed by atoms with van der Waals surface area (Å²) in [5.74, 6) is 0.943. The Balaban J connectivity index is 1.52. The normalized spacial score (nSPS) is 13.0. The molecule has 0 atom stereocenters. The molecule has 1 N–H and O–H groups in total. The van der Waals surface area contributed by atoms with E-state index in [1.807, 2.05) is 54.6 Å². The topological polar surface area (TPSA) is 80.8 Å². The molecule has 164 valence electrons. The highest BCUT2D eigenvalue weighted by atomic mass is 16.5. The van der Waals surface area contributed by atoms with Gasteiger partial charge in [-0.25, -0.2) is 9.78 Å². The van der Waals surface area contributed by atoms with Gasteiger partial charge in [0.1, 0.15) is 12.4 Å². The molecule has 7 heteroatoms. The zero-order valence-electron chi connectivity index (χ0n) is 18.3. The summed E-state index contributed by atoms with van der Waals surface area (Å²) in [6.45, 7) is 5.79. The number of Topliss-reactive ketones (excluding diaryl/α,β-unsaturated/α-hetero) is 1. The van der Waals surface area contributed by atoms with Crippen LogP contribution < -0.4 is 19.7 Å². The van der Waals surface area contributed by atoms with Crippen molar-refractivity contribution in [2.45, 2.75) is 26.4 Å². The molecule has 1 aliphatic heterocycles. The second-order valence-corrected chi connectivity index (χ2v) is 8.03. The molecule has 4 rings (SSSR count). The smallest absolute Gasteiger partial charge is 0.326 e. The lowest BCUT2D eigenvalue weighted by Crippen LogP contribution is -2.40. The lowest BCUT2D eigenvalue weighted by atomic mass is 10.0. The van der Waals surface area contributed by atoms with E-state index in [1.165, 1.54) is 6.92 Å². The van der Waals surface area contributed by atoms with Gasteiger partial charge in [-0.2, -0.15) is 0 Å². The van der Waals surface area contributed by atoms with E-state index in [0.717, 1.165) is 16.8 Å². The van der Waals surface area contributed by atoms with Crippen molar-refractivity contribution < 1.29 is 19.1 Å². The van der Waals surface area contributed by atoms with Crippen molar-refractivity contribution in [3.63, 3.8) is 0 Å². The molecule has 0 spiro atoms. The Bertz CT molecular complexity index is 1130. The summed E-state index contributed by atoms with van der Waals surface area (Å²) >= 11 is 0. The Morgan fingerprint density at radius 1 is 1.06 bits per heavy atom. The summed E-state index contributed by atoms with van der Waals surface area (Å²) in [5, 5.41) is 2.92. The second-order valence-electron chi connectivity index (χ2n) is 8.03. The van der Waals surface area contributed by atoms with Crippen molar-refractivity contribution in [3.05, 3.63) is 66.9 Å². The maximum atomic E-state index is 12.8. The van der Waals surface area contributed by atoms with Crippen molar-refractivity contribution >= 4 is 23.2 Å². The number of benzene rings is 2. The molecule has 0 aliphatic carbocycles. The van der Waals surface area contributed by atoms with E-state index < -0.39 is 5.60 Å². The van der Waals surface area contributed by atoms with Gasteiger partial charge in [0.05, 0.1) is 12.2 Å². The van der Waals surface area contributed by atoms with E-state index >= 15 is 0 Å². The molecule has 7 nitrogen and oxygen atoms in total. The number of rotatable bonds is 5. The predicted octanol–water partition coefficient (Wildman–Crippen LogP) is 4.93. The van der Waals surface area contributed by atoms with Crippen LogP contribution in [-0.2, 0) is 4.79 Å². The SMILES string of the molecule is CC(=O)C(C)(C)Oc1ccc(-c2ccc3c(c2)OCCN3C(=O)Nc2ccccc2)cn1. The minimum Gasteiger partial charge on any atom is -0.490 e. The van der Waals surface area contributed by atoms with Gasteiger partial charge in [0.25, 0.3) is 0 Å². The zero-order valence-corrected chi connectivity index (χ0v) is 18.3. The van der Waals surface area contributed by atoms with Crippen LogP contribution in [0.1, 0.15) is 20.8 Å². The van der Waals surface area contributed by atoms with Crippen LogP contribution in [0.3, 0.4) is 0 Å². The molecule has 32 heavy (non-hydrogen) atoms. The fraction of sp³-hybridized carbons (Fsp3) is 0.240. The molecule has 0 saturated carbocycles. The van der Waals surface area contributed by atoms with Gasteiger partial charge in [-0.3, -0.25) is 9.69 Å². The van der Waals surface area contributed by atoms with Gasteiger partial charge in [-0.15, -0.1) is 0 Å². The number of anilines is 2. The van der Waals surface area contributed by atoms with Gasteiger partial charge in [0.15, 0.2) is 11.4 Å². The van der Waals surface area contributed by atoms with Crippen LogP contribution in [0.25, 0.3) is 11.1 Å². The average Bonchev–Trinajstić information content (AvgIpc) is 2.79. The number of pyridine rings is 1. The van der Waals surface area contributed by atoms with E-state index in [4.69, 9.17) is 9.47 Å². The van der Waals surface area contributed by atoms with Crippen molar-refractivity contribution in [1.29, 1.82) is 0 Å². The maximum absolute atomic E-state index is 12.8. The van der Waals surface area contributed by atoms with E-state index in [2.05, 4.69) is 10.3 Å². The van der Waals surface area contributed by atoms with Crippen LogP contribution in [0.2, 0.25) is 0 Å². The third-order valence-corrected chi connectivity index (χ3v) is 5.37. The summed E-state index contributed by atoms with van der Waals surface area (Å²) in [7, 11) is 0. The molecule has 1 aromatic heterocycles. The highest BCUT2D eigenvalue weighted by Gasteiger charge is 2.27. The lowest BCUT2D eigenvalue weighted by Gasteiger charge is -2.30. The largest absolute Gasteiger partial charge is 0.490 e. The van der Waals surface area contributed by atoms with Gasteiger partial charge in [-0.1, -0.05) is 24.3 Å². The number of hydrogen-bond acceptors (Lipinski definition) is 5. The molecule has 0 radical (unpaired) electrons. The molecular formula is C25H25N3O4. The highest BCUT2D eigenvalue weighted by molar-refractivity contribution is 6.03. The molecule has 0 saturated heterocycles. The number of urea groups is 1. The number of para-hydroxylation sites is 1. The van der Waals surface area contributed by atoms with E-state index in [1.54, 1.807) is 31.0 Å². The number of nitrogens with one attached hydrogen (secondary N) is 1. The molecule has 2 aromatic carbocycles. The summed E-state index contributed by atoms with van der Waals surface area (Å²) in [5.41, 5.74) is 2.29. The van der Waals surface area contributed by atoms with Gasteiger partial charge >= 0.3 is 6.03 Å². The number of fused-ring (bicyclic) bond motifs is 1. The zero-order chi connectivity index (χ0) is 22.7. The third-order valence-electron chi connectivity index (χ3n) is 5.37. The van der Waals surface area contributed by atoms with Crippen LogP contribution in [0.4, 0.5) is 16.2 Å². The van der Waals surface area contributed by atoms with E-state index in [-0.39, 0.29) is 11.8 Å². The van der Waals surface area contributed by atoms with Gasteiger partial charge in [0, 0.05) is 23.5 Å². The predicted molar refractivity (Wildman–Crippen MR) is 123 cm³/mol. The summed E-state index contributed by atoms with van der Waals surface area (Å²) in [6, 6.07) is 18.5. The molecule has 0 unspecified atom stereocenters. The minimum absolute atomic E-state index is 0.0731. The monoisotopic (exact) mass is 431 g/mol. The number of ketones is 1. The molecule has 0 bridgehead atoms. The number of aromatic nitrogens is 1. The summed E-state index contributed by atoms with van der Waals surface area (Å²) in [4.78, 5) is 30.5. The van der Waals surface area contributed by atoms with Crippen molar-refractivity contribution in [2.75, 3.05) is 23.4 Å². The highest BCUT2D eigenvalue weighted by Crippen LogP contribution is 2.36. The maximum Gasteiger partial charge on any atom is 0.326 e. The fourth-order valence-corrected chi connectivity index (χ4v) is 3.27. The number of carbonyl (C=O) groups is 2. The first-order chi connectivity index (χ1) is 15.3. The van der Waals surface area contributed by atoms with Crippen LogP contribution in [0.5, 0.6) is 11.6 Å². The molecule has 3 aromatic rings. The van der Waals surface area contributed by atoms with E-state index in [0.29, 0.717) is 30.5 Å². The number of ether oxygens (including phenoxy) is 2. The molecular weight excluding hydrogens is 406 g/mol. The first kappa shape index (κ1) is 21.4. The Kier molecular flexibility index (Phi) is 5.81. The van der Waals surface area contributed by atoms with Crippen LogP contribution in [-0.4, -0.2) is 35.6 Å².